The molecular weight excluding hydrogens is 336 g/mol. The van der Waals surface area contributed by atoms with E-state index in [1.165, 1.54) is 6.07 Å². The van der Waals surface area contributed by atoms with Gasteiger partial charge < -0.3 is 15.6 Å². The molecule has 26 heavy (non-hydrogen) atoms. The van der Waals surface area contributed by atoms with Gasteiger partial charge in [-0.2, -0.15) is 0 Å². The molecule has 2 aromatic rings. The van der Waals surface area contributed by atoms with Crippen LogP contribution in [-0.4, -0.2) is 10.9 Å². The quantitative estimate of drug-likeness (QED) is 0.738. The Morgan fingerprint density at radius 2 is 2.08 bits per heavy atom. The third-order valence-electron chi connectivity index (χ3n) is 4.63. The van der Waals surface area contributed by atoms with E-state index in [9.17, 15) is 13.6 Å². The van der Waals surface area contributed by atoms with Crippen molar-refractivity contribution in [2.24, 2.45) is 5.92 Å². The number of benzene rings is 1. The van der Waals surface area contributed by atoms with Gasteiger partial charge in [-0.1, -0.05) is 12.1 Å². The van der Waals surface area contributed by atoms with Crippen LogP contribution in [-0.2, 0) is 11.3 Å². The highest BCUT2D eigenvalue weighted by molar-refractivity contribution is 6.03. The largest absolute Gasteiger partial charge is 0.384 e. The molecule has 1 fully saturated rings. The number of amides is 1. The molecule has 132 valence electrons. The van der Waals surface area contributed by atoms with E-state index in [2.05, 4.69) is 15.6 Å². The molecule has 4 rings (SSSR count). The minimum absolute atomic E-state index is 0.0735. The van der Waals surface area contributed by atoms with Crippen molar-refractivity contribution < 1.29 is 13.6 Å². The molecular formula is C20H17F2N3O. The Morgan fingerprint density at radius 3 is 2.88 bits per heavy atom. The van der Waals surface area contributed by atoms with Crippen molar-refractivity contribution >= 4 is 12.0 Å². The second-order valence-corrected chi connectivity index (χ2v) is 6.32. The lowest BCUT2D eigenvalue weighted by molar-refractivity contribution is -0.115. The summed E-state index contributed by atoms with van der Waals surface area (Å²) in [6.45, 7) is 0.183. The molecule has 1 saturated heterocycles. The minimum Gasteiger partial charge on any atom is -0.384 e. The van der Waals surface area contributed by atoms with Crippen LogP contribution in [0.15, 0.2) is 65.6 Å². The zero-order chi connectivity index (χ0) is 18.1. The van der Waals surface area contributed by atoms with Crippen LogP contribution in [0.25, 0.3) is 6.08 Å². The van der Waals surface area contributed by atoms with Gasteiger partial charge in [0.25, 0.3) is 5.91 Å². The Kier molecular flexibility index (Phi) is 4.16. The van der Waals surface area contributed by atoms with E-state index in [-0.39, 0.29) is 23.9 Å². The lowest BCUT2D eigenvalue weighted by atomic mass is 9.90. The van der Waals surface area contributed by atoms with Gasteiger partial charge in [-0.25, -0.2) is 8.78 Å². The summed E-state index contributed by atoms with van der Waals surface area (Å²) in [6.07, 6.45) is 7.95. The van der Waals surface area contributed by atoms with E-state index in [1.54, 1.807) is 12.3 Å². The average Bonchev–Trinajstić information content (AvgIpc) is 3.25. The van der Waals surface area contributed by atoms with Crippen LogP contribution in [0.3, 0.4) is 0 Å². The maximum absolute atomic E-state index is 13.8. The minimum atomic E-state index is -0.856. The van der Waals surface area contributed by atoms with Crippen molar-refractivity contribution in [3.8, 4) is 0 Å². The van der Waals surface area contributed by atoms with Gasteiger partial charge in [0.15, 0.2) is 11.6 Å². The molecule has 4 nitrogen and oxygen atoms in total. The van der Waals surface area contributed by atoms with Crippen LogP contribution in [0.2, 0.25) is 0 Å². The maximum Gasteiger partial charge on any atom is 0.252 e. The van der Waals surface area contributed by atoms with Gasteiger partial charge >= 0.3 is 0 Å². The molecule has 1 amide bonds. The standard InChI is InChI=1S/C20H17F2N3O/c21-17-5-1-3-12(19(17)22)11-24-14-6-7-18-15(9-14)16(20(26)25-18)10-13-4-2-8-23-13/h1-8,10,15,23-24H,9,11H2,(H,25,26)/b16-10-. The summed E-state index contributed by atoms with van der Waals surface area (Å²) < 4.78 is 27.1. The fourth-order valence-corrected chi connectivity index (χ4v) is 3.26. The summed E-state index contributed by atoms with van der Waals surface area (Å²) in [6, 6.07) is 7.90. The smallest absolute Gasteiger partial charge is 0.252 e. The van der Waals surface area contributed by atoms with Crippen molar-refractivity contribution in [3.63, 3.8) is 0 Å². The first kappa shape index (κ1) is 16.3. The molecule has 0 bridgehead atoms. The first-order valence-corrected chi connectivity index (χ1v) is 8.35. The molecule has 2 aliphatic rings. The van der Waals surface area contributed by atoms with Crippen molar-refractivity contribution in [1.29, 1.82) is 0 Å². The molecule has 1 unspecified atom stereocenters. The molecule has 1 aliphatic heterocycles. The van der Waals surface area contributed by atoms with Crippen LogP contribution in [0.1, 0.15) is 17.7 Å². The van der Waals surface area contributed by atoms with E-state index in [0.717, 1.165) is 23.2 Å². The van der Waals surface area contributed by atoms with Crippen LogP contribution >= 0.6 is 0 Å². The van der Waals surface area contributed by atoms with Gasteiger partial charge in [0, 0.05) is 46.9 Å². The van der Waals surface area contributed by atoms with Crippen molar-refractivity contribution in [2.45, 2.75) is 13.0 Å². The number of fused-ring (bicyclic) bond motifs is 1. The number of hydrogen-bond donors (Lipinski definition) is 3. The van der Waals surface area contributed by atoms with Crippen molar-refractivity contribution in [3.05, 3.63) is 88.5 Å². The fraction of sp³-hybridized carbons (Fsp3) is 0.150. The average molecular weight is 353 g/mol. The number of aromatic nitrogens is 1. The predicted octanol–water partition coefficient (Wildman–Crippen LogP) is 3.38. The van der Waals surface area contributed by atoms with Gasteiger partial charge in [-0.05, 0) is 42.8 Å². The highest BCUT2D eigenvalue weighted by Gasteiger charge is 2.34. The molecule has 1 aromatic heterocycles. The lowest BCUT2D eigenvalue weighted by Gasteiger charge is -2.20. The number of hydrogen-bond acceptors (Lipinski definition) is 2. The van der Waals surface area contributed by atoms with Crippen LogP contribution in [0.4, 0.5) is 8.78 Å². The summed E-state index contributed by atoms with van der Waals surface area (Å²) in [5.74, 6) is -1.87. The molecule has 0 saturated carbocycles. The Hall–Kier alpha value is -3.15. The Morgan fingerprint density at radius 1 is 1.19 bits per heavy atom. The topological polar surface area (TPSA) is 56.9 Å². The highest BCUT2D eigenvalue weighted by Crippen LogP contribution is 2.35. The van der Waals surface area contributed by atoms with E-state index < -0.39 is 11.6 Å². The summed E-state index contributed by atoms with van der Waals surface area (Å²) in [5, 5.41) is 6.04. The maximum atomic E-state index is 13.8. The molecule has 3 N–H and O–H groups in total. The van der Waals surface area contributed by atoms with E-state index in [1.807, 2.05) is 30.4 Å². The SMILES string of the molecule is O=C1NC2=CC=C(NCc3cccc(F)c3F)CC2/C1=C/c1ccc[nH]1. The number of carbonyl (C=O) groups excluding carboxylic acids is 1. The number of carbonyl (C=O) groups is 1. The molecule has 1 aromatic carbocycles. The first-order valence-electron chi connectivity index (χ1n) is 8.35. The Bertz CT molecular complexity index is 942. The number of halogens is 2. The van der Waals surface area contributed by atoms with Crippen molar-refractivity contribution in [1.82, 2.24) is 15.6 Å². The second kappa shape index (κ2) is 6.63. The molecule has 1 aliphatic carbocycles. The van der Waals surface area contributed by atoms with Gasteiger partial charge in [0.2, 0.25) is 0 Å². The van der Waals surface area contributed by atoms with E-state index in [0.29, 0.717) is 12.0 Å². The summed E-state index contributed by atoms with van der Waals surface area (Å²) in [7, 11) is 0. The number of rotatable bonds is 4. The molecule has 0 radical (unpaired) electrons. The van der Waals surface area contributed by atoms with Gasteiger partial charge in [0.05, 0.1) is 0 Å². The third kappa shape index (κ3) is 3.06. The third-order valence-corrected chi connectivity index (χ3v) is 4.63. The van der Waals surface area contributed by atoms with E-state index >= 15 is 0 Å². The number of nitrogens with one attached hydrogen (secondary N) is 3. The fourth-order valence-electron chi connectivity index (χ4n) is 3.26. The Labute approximate surface area is 149 Å². The highest BCUT2D eigenvalue weighted by atomic mass is 19.2. The zero-order valence-electron chi connectivity index (χ0n) is 13.9. The second-order valence-electron chi connectivity index (χ2n) is 6.32. The normalized spacial score (nSPS) is 20.5. The van der Waals surface area contributed by atoms with Crippen LogP contribution in [0, 0.1) is 17.6 Å². The monoisotopic (exact) mass is 353 g/mol. The predicted molar refractivity (Wildman–Crippen MR) is 94.4 cm³/mol. The first-order chi connectivity index (χ1) is 12.6. The van der Waals surface area contributed by atoms with Crippen LogP contribution < -0.4 is 10.6 Å². The lowest BCUT2D eigenvalue weighted by Crippen LogP contribution is -2.20. The van der Waals surface area contributed by atoms with Gasteiger partial charge in [-0.3, -0.25) is 4.79 Å². The van der Waals surface area contributed by atoms with E-state index in [4.69, 9.17) is 0 Å². The van der Waals surface area contributed by atoms with Gasteiger partial charge in [-0.15, -0.1) is 0 Å². The number of aromatic amines is 1. The summed E-state index contributed by atoms with van der Waals surface area (Å²) in [5.41, 5.74) is 3.54. The zero-order valence-corrected chi connectivity index (χ0v) is 13.9. The van der Waals surface area contributed by atoms with Gasteiger partial charge in [0.1, 0.15) is 0 Å². The van der Waals surface area contributed by atoms with Crippen LogP contribution in [0.5, 0.6) is 0 Å². The number of allylic oxidation sites excluding steroid dienone is 4. The summed E-state index contributed by atoms with van der Waals surface area (Å²) >= 11 is 0. The molecule has 1 atom stereocenters. The Balaban J connectivity index is 1.50. The molecule has 2 heterocycles. The summed E-state index contributed by atoms with van der Waals surface area (Å²) in [4.78, 5) is 15.3. The number of H-pyrrole nitrogens is 1. The molecule has 0 spiro atoms. The van der Waals surface area contributed by atoms with Crippen molar-refractivity contribution in [2.75, 3.05) is 0 Å². The molecule has 6 heteroatoms.